The van der Waals surface area contributed by atoms with Crippen molar-refractivity contribution >= 4 is 11.9 Å². The highest BCUT2D eigenvalue weighted by atomic mass is 16.4. The number of aliphatic hydroxyl groups is 1. The molecule has 0 aromatic rings. The van der Waals surface area contributed by atoms with E-state index in [1.54, 1.807) is 0 Å². The first-order valence-corrected chi connectivity index (χ1v) is 6.69. The third kappa shape index (κ3) is 3.91. The summed E-state index contributed by atoms with van der Waals surface area (Å²) in [6.07, 6.45) is 0.835. The first kappa shape index (κ1) is 15.9. The molecule has 19 heavy (non-hydrogen) atoms. The number of aliphatic carboxylic acids is 1. The van der Waals surface area contributed by atoms with Crippen molar-refractivity contribution in [3.63, 3.8) is 0 Å². The van der Waals surface area contributed by atoms with Gasteiger partial charge in [-0.25, -0.2) is 4.79 Å². The van der Waals surface area contributed by atoms with Crippen LogP contribution in [0.4, 0.5) is 0 Å². The Morgan fingerprint density at radius 3 is 2.47 bits per heavy atom. The van der Waals surface area contributed by atoms with Crippen LogP contribution >= 0.6 is 0 Å². The summed E-state index contributed by atoms with van der Waals surface area (Å²) >= 11 is 0. The molecule has 0 saturated carbocycles. The molecule has 1 fully saturated rings. The van der Waals surface area contributed by atoms with Gasteiger partial charge in [0.2, 0.25) is 5.91 Å². The highest BCUT2D eigenvalue weighted by Crippen LogP contribution is 2.32. The highest BCUT2D eigenvalue weighted by molar-refractivity contribution is 5.87. The van der Waals surface area contributed by atoms with Crippen LogP contribution in [0.5, 0.6) is 0 Å². The highest BCUT2D eigenvalue weighted by Gasteiger charge is 2.39. The van der Waals surface area contributed by atoms with Crippen molar-refractivity contribution < 1.29 is 19.8 Å². The number of nitrogens with one attached hydrogen (secondary N) is 2. The van der Waals surface area contributed by atoms with E-state index in [2.05, 4.69) is 10.6 Å². The van der Waals surface area contributed by atoms with Crippen LogP contribution in [0.15, 0.2) is 0 Å². The van der Waals surface area contributed by atoms with E-state index in [1.165, 1.54) is 6.92 Å². The van der Waals surface area contributed by atoms with E-state index in [4.69, 9.17) is 5.11 Å². The number of carboxylic acids is 1. The quantitative estimate of drug-likeness (QED) is 0.563. The number of piperidine rings is 1. The van der Waals surface area contributed by atoms with Crippen molar-refractivity contribution in [2.45, 2.75) is 45.8 Å². The molecule has 0 radical (unpaired) electrons. The zero-order chi connectivity index (χ0) is 14.6. The van der Waals surface area contributed by atoms with E-state index in [9.17, 15) is 14.7 Å². The van der Waals surface area contributed by atoms with Gasteiger partial charge in [-0.3, -0.25) is 4.79 Å². The Bertz CT molecular complexity index is 336. The summed E-state index contributed by atoms with van der Waals surface area (Å²) in [7, 11) is 0. The van der Waals surface area contributed by atoms with Gasteiger partial charge in [-0.1, -0.05) is 13.8 Å². The molecule has 1 rings (SSSR count). The maximum Gasteiger partial charge on any atom is 0.328 e. The molecule has 3 atom stereocenters. The molecule has 1 heterocycles. The molecule has 1 unspecified atom stereocenters. The van der Waals surface area contributed by atoms with Crippen molar-refractivity contribution in [1.82, 2.24) is 10.6 Å². The minimum Gasteiger partial charge on any atom is -0.480 e. The lowest BCUT2D eigenvalue weighted by Gasteiger charge is -2.36. The summed E-state index contributed by atoms with van der Waals surface area (Å²) in [6.45, 7) is 6.71. The van der Waals surface area contributed by atoms with Gasteiger partial charge in [0.25, 0.3) is 0 Å². The lowest BCUT2D eigenvalue weighted by molar-refractivity contribution is -0.147. The molecule has 0 spiro atoms. The van der Waals surface area contributed by atoms with Gasteiger partial charge in [0.1, 0.15) is 0 Å². The van der Waals surface area contributed by atoms with Gasteiger partial charge in [0.05, 0.1) is 6.10 Å². The fourth-order valence-electron chi connectivity index (χ4n) is 2.37. The molecule has 1 saturated heterocycles. The summed E-state index contributed by atoms with van der Waals surface area (Å²) < 4.78 is 0. The maximum absolute atomic E-state index is 12.3. The molecular formula is C13H24N2O4. The summed E-state index contributed by atoms with van der Waals surface area (Å²) in [5.41, 5.74) is -0.657. The van der Waals surface area contributed by atoms with E-state index in [1.807, 2.05) is 13.8 Å². The SMILES string of the molecule is C[C@@H](O)[C@H](NC(=O)C(C)(C)C1CCCNC1)C(=O)O. The van der Waals surface area contributed by atoms with E-state index in [0.29, 0.717) is 0 Å². The maximum atomic E-state index is 12.3. The topological polar surface area (TPSA) is 98.7 Å². The second kappa shape index (κ2) is 6.34. The van der Waals surface area contributed by atoms with Crippen molar-refractivity contribution in [2.75, 3.05) is 13.1 Å². The number of amides is 1. The molecule has 1 aliphatic rings. The summed E-state index contributed by atoms with van der Waals surface area (Å²) in [5, 5.41) is 24.1. The number of rotatable bonds is 5. The third-order valence-corrected chi connectivity index (χ3v) is 3.94. The van der Waals surface area contributed by atoms with Gasteiger partial charge >= 0.3 is 5.97 Å². The van der Waals surface area contributed by atoms with Crippen molar-refractivity contribution in [1.29, 1.82) is 0 Å². The first-order valence-electron chi connectivity index (χ1n) is 6.69. The second-order valence-corrected chi connectivity index (χ2v) is 5.79. The second-order valence-electron chi connectivity index (χ2n) is 5.79. The molecule has 110 valence electrons. The van der Waals surface area contributed by atoms with Crippen LogP contribution in [0.3, 0.4) is 0 Å². The van der Waals surface area contributed by atoms with Gasteiger partial charge in [-0.2, -0.15) is 0 Å². The fourth-order valence-corrected chi connectivity index (χ4v) is 2.37. The predicted octanol–water partition coefficient (Wildman–Crippen LogP) is -0.0376. The largest absolute Gasteiger partial charge is 0.480 e. The molecule has 1 amide bonds. The Balaban J connectivity index is 2.71. The normalized spacial score (nSPS) is 23.5. The number of carbonyl (C=O) groups is 2. The lowest BCUT2D eigenvalue weighted by atomic mass is 9.74. The number of hydrogen-bond acceptors (Lipinski definition) is 4. The number of carboxylic acid groups (broad SMARTS) is 1. The minimum atomic E-state index is -1.26. The monoisotopic (exact) mass is 272 g/mol. The Morgan fingerprint density at radius 1 is 1.42 bits per heavy atom. The Kier molecular flexibility index (Phi) is 5.31. The average molecular weight is 272 g/mol. The van der Waals surface area contributed by atoms with Gasteiger partial charge in [0.15, 0.2) is 6.04 Å². The molecule has 4 N–H and O–H groups in total. The Morgan fingerprint density at radius 2 is 2.05 bits per heavy atom. The summed E-state index contributed by atoms with van der Waals surface area (Å²) in [4.78, 5) is 23.3. The van der Waals surface area contributed by atoms with Crippen LogP contribution in [0.25, 0.3) is 0 Å². The van der Waals surface area contributed by atoms with Gasteiger partial charge in [-0.15, -0.1) is 0 Å². The van der Waals surface area contributed by atoms with Crippen molar-refractivity contribution in [3.05, 3.63) is 0 Å². The van der Waals surface area contributed by atoms with Crippen LogP contribution in [-0.2, 0) is 9.59 Å². The number of aliphatic hydroxyl groups excluding tert-OH is 1. The van der Waals surface area contributed by atoms with Crippen molar-refractivity contribution in [2.24, 2.45) is 11.3 Å². The summed E-state index contributed by atoms with van der Waals surface area (Å²) in [6, 6.07) is -1.26. The number of hydrogen-bond donors (Lipinski definition) is 4. The smallest absolute Gasteiger partial charge is 0.328 e. The Hall–Kier alpha value is -1.14. The summed E-state index contributed by atoms with van der Waals surface area (Å²) in [5.74, 6) is -1.37. The predicted molar refractivity (Wildman–Crippen MR) is 70.6 cm³/mol. The van der Waals surface area contributed by atoms with Gasteiger partial charge < -0.3 is 20.8 Å². The molecule has 0 aromatic heterocycles. The van der Waals surface area contributed by atoms with Crippen LogP contribution < -0.4 is 10.6 Å². The average Bonchev–Trinajstić information content (AvgIpc) is 2.35. The molecule has 0 aliphatic carbocycles. The van der Waals surface area contributed by atoms with Crippen LogP contribution in [0.2, 0.25) is 0 Å². The number of carbonyl (C=O) groups excluding carboxylic acids is 1. The van der Waals surface area contributed by atoms with E-state index in [-0.39, 0.29) is 11.8 Å². The minimum absolute atomic E-state index is 0.171. The fraction of sp³-hybridized carbons (Fsp3) is 0.846. The molecule has 6 heteroatoms. The van der Waals surface area contributed by atoms with Crippen LogP contribution in [-0.4, -0.2) is 47.3 Å². The first-order chi connectivity index (χ1) is 8.76. The zero-order valence-electron chi connectivity index (χ0n) is 11.8. The molecular weight excluding hydrogens is 248 g/mol. The van der Waals surface area contributed by atoms with E-state index in [0.717, 1.165) is 25.9 Å². The van der Waals surface area contributed by atoms with Crippen LogP contribution in [0.1, 0.15) is 33.6 Å². The molecule has 6 nitrogen and oxygen atoms in total. The van der Waals surface area contributed by atoms with Crippen molar-refractivity contribution in [3.8, 4) is 0 Å². The molecule has 0 bridgehead atoms. The Labute approximate surface area is 113 Å². The standard InChI is InChI=1S/C13H24N2O4/c1-8(16)10(11(17)18)15-12(19)13(2,3)9-5-4-6-14-7-9/h8-10,14,16H,4-7H2,1-3H3,(H,15,19)(H,17,18)/t8-,9?,10+/m1/s1. The van der Waals surface area contributed by atoms with Gasteiger partial charge in [-0.05, 0) is 38.8 Å². The third-order valence-electron chi connectivity index (χ3n) is 3.94. The zero-order valence-corrected chi connectivity index (χ0v) is 11.8. The lowest BCUT2D eigenvalue weighted by Crippen LogP contribution is -2.54. The van der Waals surface area contributed by atoms with Crippen LogP contribution in [0, 0.1) is 11.3 Å². The molecule has 0 aromatic carbocycles. The molecule has 1 aliphatic heterocycles. The van der Waals surface area contributed by atoms with E-state index < -0.39 is 23.5 Å². The van der Waals surface area contributed by atoms with Gasteiger partial charge in [0, 0.05) is 5.41 Å². The van der Waals surface area contributed by atoms with E-state index >= 15 is 0 Å².